The third kappa shape index (κ3) is 3.00. The first-order valence-electron chi connectivity index (χ1n) is 6.90. The van der Waals surface area contributed by atoms with Crippen molar-refractivity contribution < 1.29 is 9.18 Å². The molecule has 1 aromatic heterocycles. The molecule has 0 bridgehead atoms. The molecule has 0 aliphatic rings. The number of rotatable bonds is 4. The van der Waals surface area contributed by atoms with E-state index in [1.807, 2.05) is 27.7 Å². The first-order chi connectivity index (χ1) is 9.32. The van der Waals surface area contributed by atoms with E-state index >= 15 is 0 Å². The van der Waals surface area contributed by atoms with Gasteiger partial charge < -0.3 is 10.3 Å². The average Bonchev–Trinajstić information content (AvgIpc) is 2.65. The molecule has 2 rings (SSSR count). The van der Waals surface area contributed by atoms with Gasteiger partial charge in [0.15, 0.2) is 0 Å². The Morgan fingerprint density at radius 1 is 1.40 bits per heavy atom. The zero-order valence-corrected chi connectivity index (χ0v) is 12.4. The van der Waals surface area contributed by atoms with Crippen molar-refractivity contribution in [3.63, 3.8) is 0 Å². The van der Waals surface area contributed by atoms with Crippen molar-refractivity contribution in [3.05, 3.63) is 35.3 Å². The number of fused-ring (bicyclic) bond motifs is 1. The quantitative estimate of drug-likeness (QED) is 0.882. The Labute approximate surface area is 118 Å². The number of hydrogen-bond acceptors (Lipinski definition) is 1. The molecule has 1 heterocycles. The maximum absolute atomic E-state index is 13.4. The Hall–Kier alpha value is -1.84. The molecule has 4 heteroatoms. The summed E-state index contributed by atoms with van der Waals surface area (Å²) in [5.74, 6) is -0.322. The Morgan fingerprint density at radius 2 is 2.10 bits per heavy atom. The highest BCUT2D eigenvalue weighted by molar-refractivity contribution is 5.90. The fourth-order valence-electron chi connectivity index (χ4n) is 2.25. The SMILES string of the molecule is CCC(C)(C)NC(=O)Cc1c(C)[nH]c2ccc(F)cc12. The van der Waals surface area contributed by atoms with Gasteiger partial charge in [0, 0.05) is 22.1 Å². The second-order valence-corrected chi connectivity index (χ2v) is 5.88. The molecule has 2 aromatic rings. The number of H-pyrrole nitrogens is 1. The van der Waals surface area contributed by atoms with Crippen LogP contribution in [-0.2, 0) is 11.2 Å². The molecule has 0 aliphatic carbocycles. The van der Waals surface area contributed by atoms with Crippen molar-refractivity contribution >= 4 is 16.8 Å². The molecule has 3 nitrogen and oxygen atoms in total. The minimum absolute atomic E-state index is 0.0369. The maximum atomic E-state index is 13.4. The van der Waals surface area contributed by atoms with Crippen LogP contribution in [0, 0.1) is 12.7 Å². The summed E-state index contributed by atoms with van der Waals surface area (Å²) >= 11 is 0. The van der Waals surface area contributed by atoms with E-state index in [0.717, 1.165) is 28.6 Å². The largest absolute Gasteiger partial charge is 0.358 e. The predicted octanol–water partition coefficient (Wildman–Crippen LogP) is 3.46. The minimum atomic E-state index is -0.285. The third-order valence-electron chi connectivity index (χ3n) is 3.78. The van der Waals surface area contributed by atoms with Crippen LogP contribution < -0.4 is 5.32 Å². The monoisotopic (exact) mass is 276 g/mol. The van der Waals surface area contributed by atoms with Gasteiger partial charge in [-0.05, 0) is 51.0 Å². The normalized spacial score (nSPS) is 11.8. The highest BCUT2D eigenvalue weighted by atomic mass is 19.1. The van der Waals surface area contributed by atoms with Gasteiger partial charge in [-0.1, -0.05) is 6.92 Å². The molecular formula is C16H21FN2O. The summed E-state index contributed by atoms with van der Waals surface area (Å²) in [6.45, 7) is 7.93. The molecular weight excluding hydrogens is 255 g/mol. The number of carbonyl (C=O) groups excluding carboxylic acids is 1. The summed E-state index contributed by atoms with van der Waals surface area (Å²) in [5.41, 5.74) is 2.42. The van der Waals surface area contributed by atoms with E-state index in [2.05, 4.69) is 10.3 Å². The number of amides is 1. The molecule has 0 atom stereocenters. The number of aryl methyl sites for hydroxylation is 1. The van der Waals surface area contributed by atoms with E-state index in [1.165, 1.54) is 12.1 Å². The second kappa shape index (κ2) is 5.27. The average molecular weight is 276 g/mol. The van der Waals surface area contributed by atoms with Crippen LogP contribution in [0.15, 0.2) is 18.2 Å². The Balaban J connectivity index is 2.27. The lowest BCUT2D eigenvalue weighted by atomic mass is 10.0. The van der Waals surface area contributed by atoms with E-state index in [9.17, 15) is 9.18 Å². The number of nitrogens with one attached hydrogen (secondary N) is 2. The fourth-order valence-corrected chi connectivity index (χ4v) is 2.25. The molecule has 2 N–H and O–H groups in total. The maximum Gasteiger partial charge on any atom is 0.224 e. The van der Waals surface area contributed by atoms with Crippen molar-refractivity contribution in [2.24, 2.45) is 0 Å². The molecule has 0 spiro atoms. The van der Waals surface area contributed by atoms with Gasteiger partial charge >= 0.3 is 0 Å². The van der Waals surface area contributed by atoms with Gasteiger partial charge in [0.05, 0.1) is 6.42 Å². The number of aromatic amines is 1. The van der Waals surface area contributed by atoms with Gasteiger partial charge in [0.1, 0.15) is 5.82 Å². The zero-order chi connectivity index (χ0) is 14.9. The van der Waals surface area contributed by atoms with E-state index < -0.39 is 0 Å². The van der Waals surface area contributed by atoms with Crippen molar-refractivity contribution in [1.82, 2.24) is 10.3 Å². The lowest BCUT2D eigenvalue weighted by molar-refractivity contribution is -0.122. The van der Waals surface area contributed by atoms with Crippen LogP contribution in [0.4, 0.5) is 4.39 Å². The van der Waals surface area contributed by atoms with E-state index in [4.69, 9.17) is 0 Å². The fraction of sp³-hybridized carbons (Fsp3) is 0.438. The van der Waals surface area contributed by atoms with Crippen molar-refractivity contribution in [2.75, 3.05) is 0 Å². The van der Waals surface area contributed by atoms with Crippen LogP contribution in [0.1, 0.15) is 38.4 Å². The first kappa shape index (κ1) is 14.6. The molecule has 1 aromatic carbocycles. The number of carbonyl (C=O) groups is 1. The molecule has 0 aliphatic heterocycles. The molecule has 0 fully saturated rings. The van der Waals surface area contributed by atoms with Gasteiger partial charge in [0.2, 0.25) is 5.91 Å². The van der Waals surface area contributed by atoms with Crippen LogP contribution in [0.2, 0.25) is 0 Å². The Kier molecular flexibility index (Phi) is 3.84. The smallest absolute Gasteiger partial charge is 0.224 e. The molecule has 0 saturated carbocycles. The molecule has 0 unspecified atom stereocenters. The van der Waals surface area contributed by atoms with Gasteiger partial charge in [-0.2, -0.15) is 0 Å². The van der Waals surface area contributed by atoms with Crippen LogP contribution in [-0.4, -0.2) is 16.4 Å². The highest BCUT2D eigenvalue weighted by Crippen LogP contribution is 2.23. The van der Waals surface area contributed by atoms with Crippen LogP contribution >= 0.6 is 0 Å². The number of halogens is 1. The first-order valence-corrected chi connectivity index (χ1v) is 6.90. The molecule has 108 valence electrons. The zero-order valence-electron chi connectivity index (χ0n) is 12.4. The van der Waals surface area contributed by atoms with Gasteiger partial charge in [-0.15, -0.1) is 0 Å². The Morgan fingerprint density at radius 3 is 2.75 bits per heavy atom. The Bertz CT molecular complexity index is 643. The van der Waals surface area contributed by atoms with Gasteiger partial charge in [0.25, 0.3) is 0 Å². The summed E-state index contributed by atoms with van der Waals surface area (Å²) < 4.78 is 13.4. The topological polar surface area (TPSA) is 44.9 Å². The van der Waals surface area contributed by atoms with Gasteiger partial charge in [-0.25, -0.2) is 4.39 Å². The number of benzene rings is 1. The summed E-state index contributed by atoms with van der Waals surface area (Å²) in [6, 6.07) is 4.60. The van der Waals surface area contributed by atoms with Crippen LogP contribution in [0.5, 0.6) is 0 Å². The van der Waals surface area contributed by atoms with Gasteiger partial charge in [-0.3, -0.25) is 4.79 Å². The van der Waals surface area contributed by atoms with E-state index in [1.54, 1.807) is 6.07 Å². The van der Waals surface area contributed by atoms with Crippen LogP contribution in [0.3, 0.4) is 0 Å². The molecule has 20 heavy (non-hydrogen) atoms. The predicted molar refractivity (Wildman–Crippen MR) is 79.2 cm³/mol. The summed E-state index contributed by atoms with van der Waals surface area (Å²) in [7, 11) is 0. The van der Waals surface area contributed by atoms with Crippen molar-refractivity contribution in [2.45, 2.75) is 46.1 Å². The molecule has 1 amide bonds. The van der Waals surface area contributed by atoms with E-state index in [0.29, 0.717) is 0 Å². The van der Waals surface area contributed by atoms with E-state index in [-0.39, 0.29) is 23.7 Å². The summed E-state index contributed by atoms with van der Waals surface area (Å²) in [5, 5.41) is 3.79. The third-order valence-corrected chi connectivity index (χ3v) is 3.78. The minimum Gasteiger partial charge on any atom is -0.358 e. The summed E-state index contributed by atoms with van der Waals surface area (Å²) in [4.78, 5) is 15.3. The lowest BCUT2D eigenvalue weighted by Crippen LogP contribution is -2.43. The molecule has 0 radical (unpaired) electrons. The van der Waals surface area contributed by atoms with Crippen molar-refractivity contribution in [1.29, 1.82) is 0 Å². The van der Waals surface area contributed by atoms with Crippen LogP contribution in [0.25, 0.3) is 10.9 Å². The second-order valence-electron chi connectivity index (χ2n) is 5.88. The lowest BCUT2D eigenvalue weighted by Gasteiger charge is -2.24. The highest BCUT2D eigenvalue weighted by Gasteiger charge is 2.19. The number of hydrogen-bond donors (Lipinski definition) is 2. The van der Waals surface area contributed by atoms with Crippen molar-refractivity contribution in [3.8, 4) is 0 Å². The standard InChI is InChI=1S/C16H21FN2O/c1-5-16(3,4)19-15(20)9-12-10(2)18-14-7-6-11(17)8-13(12)14/h6-8,18H,5,9H2,1-4H3,(H,19,20). The summed E-state index contributed by atoms with van der Waals surface area (Å²) in [6.07, 6.45) is 1.12. The number of aromatic nitrogens is 1. The molecule has 0 saturated heterocycles.